The molecule has 0 aliphatic carbocycles. The van der Waals surface area contributed by atoms with Gasteiger partial charge in [-0.25, -0.2) is 0 Å². The Hall–Kier alpha value is -1.96. The second kappa shape index (κ2) is 9.03. The summed E-state index contributed by atoms with van der Waals surface area (Å²) in [6.45, 7) is 4.21. The van der Waals surface area contributed by atoms with Gasteiger partial charge in [0.2, 0.25) is 0 Å². The first kappa shape index (κ1) is 17.0. The van der Waals surface area contributed by atoms with Gasteiger partial charge in [0.05, 0.1) is 0 Å². The Morgan fingerprint density at radius 3 is 1.21 bits per heavy atom. The first-order valence-corrected chi connectivity index (χ1v) is 6.35. The number of hydrogen-bond donors (Lipinski definition) is 2. The molecule has 0 bridgehead atoms. The molecule has 0 unspecified atom stereocenters. The zero-order chi connectivity index (χ0) is 13.4. The number of rotatable bonds is 2. The second-order valence-electron chi connectivity index (χ2n) is 4.10. The van der Waals surface area contributed by atoms with Crippen molar-refractivity contribution in [1.29, 1.82) is 0 Å². The monoisotopic (exact) mass is 258 g/mol. The van der Waals surface area contributed by atoms with Crippen molar-refractivity contribution in [2.45, 2.75) is 34.1 Å². The molecule has 0 saturated carbocycles. The predicted octanol–water partition coefficient (Wildman–Crippen LogP) is 4.30. The second-order valence-corrected chi connectivity index (χ2v) is 4.10. The lowest BCUT2D eigenvalue weighted by atomic mass is 10.1. The fourth-order valence-corrected chi connectivity index (χ4v) is 1.71. The molecule has 0 spiro atoms. The van der Waals surface area contributed by atoms with Gasteiger partial charge in [-0.3, -0.25) is 0 Å². The van der Waals surface area contributed by atoms with Gasteiger partial charge in [0.15, 0.2) is 0 Å². The minimum absolute atomic E-state index is 0. The van der Waals surface area contributed by atoms with Gasteiger partial charge >= 0.3 is 0 Å². The normalized spacial score (nSPS) is 8.95. The zero-order valence-corrected chi connectivity index (χ0v) is 11.2. The molecule has 2 aromatic carbocycles. The van der Waals surface area contributed by atoms with Crippen LogP contribution in [0.3, 0.4) is 0 Å². The number of nitrogen functional groups attached to an aromatic ring is 2. The van der Waals surface area contributed by atoms with Gasteiger partial charge in [0.25, 0.3) is 0 Å². The maximum Gasteiger partial charge on any atom is 0.0346 e. The van der Waals surface area contributed by atoms with Crippen LogP contribution in [0.1, 0.15) is 32.4 Å². The van der Waals surface area contributed by atoms with Crippen molar-refractivity contribution < 1.29 is 0 Å². The molecule has 0 fully saturated rings. The van der Waals surface area contributed by atoms with E-state index < -0.39 is 0 Å². The summed E-state index contributed by atoms with van der Waals surface area (Å²) >= 11 is 0. The number of benzene rings is 2. The lowest BCUT2D eigenvalue weighted by molar-refractivity contribution is 1.14. The Balaban J connectivity index is 0.000000324. The maximum absolute atomic E-state index is 5.63. The molecule has 0 heterocycles. The van der Waals surface area contributed by atoms with E-state index in [1.807, 2.05) is 36.4 Å². The Morgan fingerprint density at radius 1 is 0.684 bits per heavy atom. The molecule has 4 N–H and O–H groups in total. The van der Waals surface area contributed by atoms with E-state index in [1.54, 1.807) is 0 Å². The summed E-state index contributed by atoms with van der Waals surface area (Å²) in [5.74, 6) is 0. The number of hydrogen-bond acceptors (Lipinski definition) is 2. The SMILES string of the molecule is C.CCc1ccccc1N.CCc1ccccc1N. The third-order valence-corrected chi connectivity index (χ3v) is 2.87. The van der Waals surface area contributed by atoms with Crippen LogP contribution >= 0.6 is 0 Å². The highest BCUT2D eigenvalue weighted by atomic mass is 14.6. The number of aryl methyl sites for hydroxylation is 2. The standard InChI is InChI=1S/2C8H11N.CH4/c2*1-2-7-5-3-4-6-8(7)9;/h2*3-6H,2,9H2,1H3;1H4. The van der Waals surface area contributed by atoms with Crippen LogP contribution in [0.2, 0.25) is 0 Å². The summed E-state index contributed by atoms with van der Waals surface area (Å²) in [4.78, 5) is 0. The zero-order valence-electron chi connectivity index (χ0n) is 11.2. The van der Waals surface area contributed by atoms with E-state index in [0.717, 1.165) is 24.2 Å². The summed E-state index contributed by atoms with van der Waals surface area (Å²) in [6, 6.07) is 15.9. The van der Waals surface area contributed by atoms with Crippen molar-refractivity contribution in [1.82, 2.24) is 0 Å². The first-order valence-electron chi connectivity index (χ1n) is 6.35. The van der Waals surface area contributed by atoms with Gasteiger partial charge in [-0.15, -0.1) is 0 Å². The fourth-order valence-electron chi connectivity index (χ4n) is 1.71. The van der Waals surface area contributed by atoms with Gasteiger partial charge in [-0.2, -0.15) is 0 Å². The van der Waals surface area contributed by atoms with E-state index >= 15 is 0 Å². The predicted molar refractivity (Wildman–Crippen MR) is 87.2 cm³/mol. The molecule has 19 heavy (non-hydrogen) atoms. The summed E-state index contributed by atoms with van der Waals surface area (Å²) in [6.07, 6.45) is 2.04. The van der Waals surface area contributed by atoms with Gasteiger partial charge in [0, 0.05) is 11.4 Å². The van der Waals surface area contributed by atoms with Crippen molar-refractivity contribution >= 4 is 11.4 Å². The quantitative estimate of drug-likeness (QED) is 0.789. The minimum atomic E-state index is 0. The number of anilines is 2. The van der Waals surface area contributed by atoms with Crippen LogP contribution in [-0.2, 0) is 12.8 Å². The van der Waals surface area contributed by atoms with E-state index in [2.05, 4.69) is 26.0 Å². The summed E-state index contributed by atoms with van der Waals surface area (Å²) in [7, 11) is 0. The average molecular weight is 258 g/mol. The van der Waals surface area contributed by atoms with Crippen LogP contribution in [0, 0.1) is 0 Å². The maximum atomic E-state index is 5.63. The van der Waals surface area contributed by atoms with E-state index in [-0.39, 0.29) is 7.43 Å². The van der Waals surface area contributed by atoms with Gasteiger partial charge < -0.3 is 11.5 Å². The van der Waals surface area contributed by atoms with Crippen LogP contribution in [0.15, 0.2) is 48.5 Å². The highest BCUT2D eigenvalue weighted by Crippen LogP contribution is 2.10. The third-order valence-electron chi connectivity index (χ3n) is 2.87. The Bertz CT molecular complexity index is 433. The fraction of sp³-hybridized carbons (Fsp3) is 0.294. The molecule has 0 aliphatic rings. The lowest BCUT2D eigenvalue weighted by Crippen LogP contribution is -1.90. The minimum Gasteiger partial charge on any atom is -0.399 e. The number of para-hydroxylation sites is 2. The molecule has 2 rings (SSSR count). The lowest BCUT2D eigenvalue weighted by Gasteiger charge is -1.98. The molecule has 0 saturated heterocycles. The molecule has 0 aliphatic heterocycles. The van der Waals surface area contributed by atoms with Crippen molar-refractivity contribution in [3.8, 4) is 0 Å². The van der Waals surface area contributed by atoms with Crippen molar-refractivity contribution in [2.24, 2.45) is 0 Å². The van der Waals surface area contributed by atoms with Gasteiger partial charge in [-0.1, -0.05) is 57.7 Å². The van der Waals surface area contributed by atoms with E-state index in [1.165, 1.54) is 11.1 Å². The van der Waals surface area contributed by atoms with Crippen LogP contribution in [0.25, 0.3) is 0 Å². The van der Waals surface area contributed by atoms with Gasteiger partial charge in [-0.05, 0) is 36.1 Å². The largest absolute Gasteiger partial charge is 0.399 e. The highest BCUT2D eigenvalue weighted by molar-refractivity contribution is 5.46. The van der Waals surface area contributed by atoms with Crippen LogP contribution in [0.4, 0.5) is 11.4 Å². The number of nitrogens with two attached hydrogens (primary N) is 2. The smallest absolute Gasteiger partial charge is 0.0346 e. The molecule has 0 atom stereocenters. The summed E-state index contributed by atoms with van der Waals surface area (Å²) < 4.78 is 0. The molecule has 2 heteroatoms. The first-order chi connectivity index (χ1) is 8.69. The highest BCUT2D eigenvalue weighted by Gasteiger charge is 1.91. The molecule has 0 amide bonds. The summed E-state index contributed by atoms with van der Waals surface area (Å²) in [5.41, 5.74) is 15.5. The van der Waals surface area contributed by atoms with Crippen molar-refractivity contribution in [3.63, 3.8) is 0 Å². The van der Waals surface area contributed by atoms with Crippen molar-refractivity contribution in [2.75, 3.05) is 11.5 Å². The Labute approximate surface area is 117 Å². The third kappa shape index (κ3) is 5.47. The average Bonchev–Trinajstić information content (AvgIpc) is 2.41. The molecular weight excluding hydrogens is 232 g/mol. The molecular formula is C17H26N2. The topological polar surface area (TPSA) is 52.0 Å². The van der Waals surface area contributed by atoms with Crippen LogP contribution < -0.4 is 11.5 Å². The van der Waals surface area contributed by atoms with E-state index in [4.69, 9.17) is 11.5 Å². The molecule has 0 aromatic heterocycles. The molecule has 2 nitrogen and oxygen atoms in total. The van der Waals surface area contributed by atoms with Crippen molar-refractivity contribution in [3.05, 3.63) is 59.7 Å². The van der Waals surface area contributed by atoms with Crippen LogP contribution in [0.5, 0.6) is 0 Å². The van der Waals surface area contributed by atoms with E-state index in [0.29, 0.717) is 0 Å². The molecule has 104 valence electrons. The van der Waals surface area contributed by atoms with E-state index in [9.17, 15) is 0 Å². The van der Waals surface area contributed by atoms with Gasteiger partial charge in [0.1, 0.15) is 0 Å². The molecule has 2 aromatic rings. The van der Waals surface area contributed by atoms with Crippen LogP contribution in [-0.4, -0.2) is 0 Å². The molecule has 0 radical (unpaired) electrons. The Kier molecular flexibility index (Phi) is 8.10. The Morgan fingerprint density at radius 2 is 1.00 bits per heavy atom. The summed E-state index contributed by atoms with van der Waals surface area (Å²) in [5, 5.41) is 0.